The molecule has 0 saturated heterocycles. The van der Waals surface area contributed by atoms with Crippen LogP contribution in [0.25, 0.3) is 0 Å². The number of nitrogens with one attached hydrogen (secondary N) is 2. The predicted molar refractivity (Wildman–Crippen MR) is 65.7 cm³/mol. The highest BCUT2D eigenvalue weighted by Crippen LogP contribution is 2.25. The highest BCUT2D eigenvalue weighted by Gasteiger charge is 2.04. The minimum Gasteiger partial charge on any atom is -0.492 e. The molecule has 2 aromatic rings. The Morgan fingerprint density at radius 3 is 2.94 bits per heavy atom. The Morgan fingerprint density at radius 1 is 1.35 bits per heavy atom. The summed E-state index contributed by atoms with van der Waals surface area (Å²) in [7, 11) is 0. The molecule has 2 N–H and O–H groups in total. The van der Waals surface area contributed by atoms with E-state index in [1.54, 1.807) is 6.07 Å². The van der Waals surface area contributed by atoms with Crippen LogP contribution < -0.4 is 10.1 Å². The molecule has 0 radical (unpaired) electrons. The summed E-state index contributed by atoms with van der Waals surface area (Å²) in [4.78, 5) is 2.98. The van der Waals surface area contributed by atoms with Gasteiger partial charge in [0.2, 0.25) is 0 Å². The lowest BCUT2D eigenvalue weighted by atomic mass is 10.2. The predicted octanol–water partition coefficient (Wildman–Crippen LogP) is 3.16. The molecule has 1 heterocycles. The molecule has 0 bridgehead atoms. The molecule has 1 aromatic carbocycles. The number of aromatic nitrogens is 1. The summed E-state index contributed by atoms with van der Waals surface area (Å²) in [6.07, 6.45) is 3.78. The minimum atomic E-state index is -0.291. The number of anilines is 1. The van der Waals surface area contributed by atoms with E-state index in [1.165, 1.54) is 12.1 Å². The Morgan fingerprint density at radius 2 is 2.24 bits per heavy atom. The zero-order valence-electron chi connectivity index (χ0n) is 9.66. The first-order valence-electron chi connectivity index (χ1n) is 5.57. The van der Waals surface area contributed by atoms with Gasteiger partial charge in [0.25, 0.3) is 0 Å². The molecule has 3 nitrogen and oxygen atoms in total. The van der Waals surface area contributed by atoms with E-state index in [2.05, 4.69) is 10.3 Å². The largest absolute Gasteiger partial charge is 0.492 e. The molecular weight excluding hydrogens is 219 g/mol. The standard InChI is InChI=1S/C13H15FN2O/c1-2-17-13-7-11(14)3-4-12(13)16-9-10-5-6-15-8-10/h3-8,15-16H,2,9H2,1H3. The van der Waals surface area contributed by atoms with Gasteiger partial charge in [0.1, 0.15) is 11.6 Å². The van der Waals surface area contributed by atoms with E-state index in [-0.39, 0.29) is 5.82 Å². The maximum atomic E-state index is 13.1. The SMILES string of the molecule is CCOc1cc(F)ccc1NCc1cc[nH]c1. The van der Waals surface area contributed by atoms with Crippen molar-refractivity contribution in [2.24, 2.45) is 0 Å². The van der Waals surface area contributed by atoms with Gasteiger partial charge in [-0.2, -0.15) is 0 Å². The lowest BCUT2D eigenvalue weighted by Crippen LogP contribution is -2.02. The Bertz CT molecular complexity index is 468. The summed E-state index contributed by atoms with van der Waals surface area (Å²) in [6, 6.07) is 6.48. The van der Waals surface area contributed by atoms with Crippen LogP contribution in [0.1, 0.15) is 12.5 Å². The molecule has 0 fully saturated rings. The van der Waals surface area contributed by atoms with Crippen molar-refractivity contribution in [3.05, 3.63) is 48.0 Å². The fourth-order valence-corrected chi connectivity index (χ4v) is 1.58. The second-order valence-corrected chi connectivity index (χ2v) is 3.65. The zero-order chi connectivity index (χ0) is 12.1. The van der Waals surface area contributed by atoms with Gasteiger partial charge in [0, 0.05) is 25.0 Å². The van der Waals surface area contributed by atoms with Gasteiger partial charge in [0.15, 0.2) is 0 Å². The van der Waals surface area contributed by atoms with Crippen molar-refractivity contribution < 1.29 is 9.13 Å². The van der Waals surface area contributed by atoms with Crippen LogP contribution in [0, 0.1) is 5.82 Å². The van der Waals surface area contributed by atoms with Crippen LogP contribution in [0.15, 0.2) is 36.7 Å². The monoisotopic (exact) mass is 234 g/mol. The van der Waals surface area contributed by atoms with E-state index in [0.717, 1.165) is 11.3 Å². The highest BCUT2D eigenvalue weighted by molar-refractivity contribution is 5.56. The smallest absolute Gasteiger partial charge is 0.145 e. The quantitative estimate of drug-likeness (QED) is 0.833. The van der Waals surface area contributed by atoms with Gasteiger partial charge in [-0.05, 0) is 30.7 Å². The maximum Gasteiger partial charge on any atom is 0.145 e. The topological polar surface area (TPSA) is 37.0 Å². The van der Waals surface area contributed by atoms with Gasteiger partial charge in [-0.1, -0.05) is 0 Å². The van der Waals surface area contributed by atoms with Crippen LogP contribution >= 0.6 is 0 Å². The Hall–Kier alpha value is -1.97. The van der Waals surface area contributed by atoms with Gasteiger partial charge < -0.3 is 15.0 Å². The Kier molecular flexibility index (Phi) is 3.65. The summed E-state index contributed by atoms with van der Waals surface area (Å²) in [6.45, 7) is 3.07. The third-order valence-electron chi connectivity index (χ3n) is 2.39. The molecular formula is C13H15FN2O. The number of aromatic amines is 1. The normalized spacial score (nSPS) is 10.2. The lowest BCUT2D eigenvalue weighted by molar-refractivity contribution is 0.340. The van der Waals surface area contributed by atoms with Crippen molar-refractivity contribution in [3.8, 4) is 5.75 Å². The average Bonchev–Trinajstić information content (AvgIpc) is 2.81. The third kappa shape index (κ3) is 3.00. The van der Waals surface area contributed by atoms with Crippen molar-refractivity contribution >= 4 is 5.69 Å². The number of halogens is 1. The second kappa shape index (κ2) is 5.39. The van der Waals surface area contributed by atoms with Gasteiger partial charge in [-0.25, -0.2) is 4.39 Å². The van der Waals surface area contributed by atoms with Crippen molar-refractivity contribution in [1.29, 1.82) is 0 Å². The summed E-state index contributed by atoms with van der Waals surface area (Å²) >= 11 is 0. The van der Waals surface area contributed by atoms with E-state index in [9.17, 15) is 4.39 Å². The van der Waals surface area contributed by atoms with E-state index in [1.807, 2.05) is 25.4 Å². The molecule has 2 rings (SSSR count). The number of ether oxygens (including phenoxy) is 1. The molecule has 0 atom stereocenters. The zero-order valence-corrected chi connectivity index (χ0v) is 9.66. The molecule has 0 spiro atoms. The van der Waals surface area contributed by atoms with Gasteiger partial charge >= 0.3 is 0 Å². The van der Waals surface area contributed by atoms with Crippen molar-refractivity contribution in [2.75, 3.05) is 11.9 Å². The molecule has 0 aliphatic rings. The molecule has 4 heteroatoms. The fourth-order valence-electron chi connectivity index (χ4n) is 1.58. The third-order valence-corrected chi connectivity index (χ3v) is 2.39. The van der Waals surface area contributed by atoms with Gasteiger partial charge in [-0.3, -0.25) is 0 Å². The summed E-state index contributed by atoms with van der Waals surface area (Å²) in [5, 5.41) is 3.22. The number of hydrogen-bond donors (Lipinski definition) is 2. The first-order valence-corrected chi connectivity index (χ1v) is 5.57. The number of H-pyrrole nitrogens is 1. The Labute approximate surface area is 99.6 Å². The van der Waals surface area contributed by atoms with Crippen LogP contribution in [0.5, 0.6) is 5.75 Å². The molecule has 1 aromatic heterocycles. The molecule has 0 unspecified atom stereocenters. The number of hydrogen-bond acceptors (Lipinski definition) is 2. The van der Waals surface area contributed by atoms with Crippen molar-refractivity contribution in [2.45, 2.75) is 13.5 Å². The average molecular weight is 234 g/mol. The van der Waals surface area contributed by atoms with Crippen LogP contribution in [-0.4, -0.2) is 11.6 Å². The van der Waals surface area contributed by atoms with Crippen molar-refractivity contribution in [1.82, 2.24) is 4.98 Å². The fraction of sp³-hybridized carbons (Fsp3) is 0.231. The summed E-state index contributed by atoms with van der Waals surface area (Å²) < 4.78 is 18.4. The number of benzene rings is 1. The molecule has 0 aliphatic carbocycles. The van der Waals surface area contributed by atoms with Crippen molar-refractivity contribution in [3.63, 3.8) is 0 Å². The van der Waals surface area contributed by atoms with Crippen LogP contribution in [0.2, 0.25) is 0 Å². The number of rotatable bonds is 5. The Balaban J connectivity index is 2.08. The van der Waals surface area contributed by atoms with E-state index >= 15 is 0 Å². The van der Waals surface area contributed by atoms with Crippen LogP contribution in [0.4, 0.5) is 10.1 Å². The van der Waals surface area contributed by atoms with Gasteiger partial charge in [0.05, 0.1) is 12.3 Å². The van der Waals surface area contributed by atoms with Crippen LogP contribution in [-0.2, 0) is 6.54 Å². The van der Waals surface area contributed by atoms with E-state index in [0.29, 0.717) is 18.9 Å². The second-order valence-electron chi connectivity index (χ2n) is 3.65. The maximum absolute atomic E-state index is 13.1. The summed E-state index contributed by atoms with van der Waals surface area (Å²) in [5.74, 6) is 0.253. The van der Waals surface area contributed by atoms with E-state index in [4.69, 9.17) is 4.74 Å². The molecule has 90 valence electrons. The van der Waals surface area contributed by atoms with Crippen LogP contribution in [0.3, 0.4) is 0 Å². The molecule has 0 aliphatic heterocycles. The molecule has 0 amide bonds. The highest BCUT2D eigenvalue weighted by atomic mass is 19.1. The first-order chi connectivity index (χ1) is 8.29. The molecule has 17 heavy (non-hydrogen) atoms. The molecule has 0 saturated carbocycles. The van der Waals surface area contributed by atoms with Gasteiger partial charge in [-0.15, -0.1) is 0 Å². The first kappa shape index (κ1) is 11.5. The lowest BCUT2D eigenvalue weighted by Gasteiger charge is -2.11. The summed E-state index contributed by atoms with van der Waals surface area (Å²) in [5.41, 5.74) is 1.94. The van der Waals surface area contributed by atoms with E-state index < -0.39 is 0 Å². The minimum absolute atomic E-state index is 0.291.